The Hall–Kier alpha value is -1.84. The summed E-state index contributed by atoms with van der Waals surface area (Å²) in [6.07, 6.45) is 1.99. The molecule has 0 bridgehead atoms. The Kier molecular flexibility index (Phi) is 7.09. The van der Waals surface area contributed by atoms with Crippen LogP contribution in [0.1, 0.15) is 57.6 Å². The second kappa shape index (κ2) is 8.57. The minimum absolute atomic E-state index is 0.0730. The van der Waals surface area contributed by atoms with Crippen LogP contribution in [0.25, 0.3) is 0 Å². The maximum Gasteiger partial charge on any atom is 0.240 e. The van der Waals surface area contributed by atoms with Gasteiger partial charge in [0.25, 0.3) is 0 Å². The second-order valence-electron chi connectivity index (χ2n) is 5.98. The van der Waals surface area contributed by atoms with Crippen molar-refractivity contribution in [3.05, 3.63) is 29.3 Å². The molecule has 0 fully saturated rings. The van der Waals surface area contributed by atoms with Crippen molar-refractivity contribution < 1.29 is 9.59 Å². The van der Waals surface area contributed by atoms with Crippen molar-refractivity contribution in [2.75, 3.05) is 18.0 Å². The molecule has 122 valence electrons. The second-order valence-corrected chi connectivity index (χ2v) is 5.98. The molecule has 1 rings (SSSR count). The highest BCUT2D eigenvalue weighted by Gasteiger charge is 2.21. The summed E-state index contributed by atoms with van der Waals surface area (Å²) in [4.78, 5) is 25.8. The average Bonchev–Trinajstić information content (AvgIpc) is 2.45. The van der Waals surface area contributed by atoms with Crippen molar-refractivity contribution in [2.24, 2.45) is 0 Å². The molecular formula is C18H28N2O2. The molecule has 0 aromatic heterocycles. The Morgan fingerprint density at radius 3 is 2.50 bits per heavy atom. The molecule has 0 saturated carbocycles. The lowest BCUT2D eigenvalue weighted by molar-refractivity contribution is -0.123. The molecule has 0 heterocycles. The Bertz CT molecular complexity index is 524. The van der Waals surface area contributed by atoms with Crippen LogP contribution in [0.5, 0.6) is 0 Å². The van der Waals surface area contributed by atoms with Crippen LogP contribution in [0, 0.1) is 6.92 Å². The number of carbonyl (C=O) groups is 2. The lowest BCUT2D eigenvalue weighted by Gasteiger charge is -2.26. The maximum absolute atomic E-state index is 12.1. The van der Waals surface area contributed by atoms with Gasteiger partial charge < -0.3 is 10.2 Å². The van der Waals surface area contributed by atoms with Crippen LogP contribution in [0.3, 0.4) is 0 Å². The van der Waals surface area contributed by atoms with Gasteiger partial charge in [0.2, 0.25) is 11.8 Å². The van der Waals surface area contributed by atoms with Gasteiger partial charge in [-0.3, -0.25) is 9.59 Å². The SMILES string of the molecule is CCCCNC(=O)CN(C(C)=O)c1c(C)cccc1C(C)C. The molecule has 0 saturated heterocycles. The molecule has 1 aromatic rings. The standard InChI is InChI=1S/C18H28N2O2/c1-6-7-11-19-17(22)12-20(15(5)21)18-14(4)9-8-10-16(18)13(2)3/h8-10,13H,6-7,11-12H2,1-5H3,(H,19,22). The fraction of sp³-hybridized carbons (Fsp3) is 0.556. The van der Waals surface area contributed by atoms with E-state index < -0.39 is 0 Å². The maximum atomic E-state index is 12.1. The van der Waals surface area contributed by atoms with Gasteiger partial charge in [0.05, 0.1) is 5.69 Å². The first-order valence-corrected chi connectivity index (χ1v) is 8.02. The van der Waals surface area contributed by atoms with E-state index in [1.165, 1.54) is 6.92 Å². The Morgan fingerprint density at radius 2 is 1.95 bits per heavy atom. The summed E-state index contributed by atoms with van der Waals surface area (Å²) < 4.78 is 0. The molecule has 0 aliphatic carbocycles. The monoisotopic (exact) mass is 304 g/mol. The van der Waals surface area contributed by atoms with E-state index in [0.29, 0.717) is 12.5 Å². The fourth-order valence-corrected chi connectivity index (χ4v) is 2.47. The number of rotatable bonds is 7. The number of hydrogen-bond acceptors (Lipinski definition) is 2. The predicted octanol–water partition coefficient (Wildman–Crippen LogP) is 3.39. The summed E-state index contributed by atoms with van der Waals surface area (Å²) in [5.41, 5.74) is 2.98. The highest BCUT2D eigenvalue weighted by Crippen LogP contribution is 2.30. The van der Waals surface area contributed by atoms with Gasteiger partial charge in [-0.1, -0.05) is 45.4 Å². The van der Waals surface area contributed by atoms with E-state index in [2.05, 4.69) is 26.1 Å². The van der Waals surface area contributed by atoms with E-state index in [4.69, 9.17) is 0 Å². The van der Waals surface area contributed by atoms with E-state index in [1.807, 2.05) is 25.1 Å². The van der Waals surface area contributed by atoms with Crippen molar-refractivity contribution in [2.45, 2.75) is 53.4 Å². The van der Waals surface area contributed by atoms with E-state index in [-0.39, 0.29) is 18.4 Å². The summed E-state index contributed by atoms with van der Waals surface area (Å²) in [5.74, 6) is 0.0725. The predicted molar refractivity (Wildman–Crippen MR) is 91.2 cm³/mol. The zero-order chi connectivity index (χ0) is 16.7. The third-order valence-corrected chi connectivity index (χ3v) is 3.70. The lowest BCUT2D eigenvalue weighted by Crippen LogP contribution is -2.41. The Balaban J connectivity index is 3.02. The van der Waals surface area contributed by atoms with Crippen LogP contribution in [0.2, 0.25) is 0 Å². The molecule has 4 nitrogen and oxygen atoms in total. The van der Waals surface area contributed by atoms with Gasteiger partial charge in [0.1, 0.15) is 6.54 Å². The molecule has 22 heavy (non-hydrogen) atoms. The molecule has 1 N–H and O–H groups in total. The van der Waals surface area contributed by atoms with Crippen LogP contribution in [-0.2, 0) is 9.59 Å². The summed E-state index contributed by atoms with van der Waals surface area (Å²) in [7, 11) is 0. The number of aryl methyl sites for hydroxylation is 1. The number of hydrogen-bond donors (Lipinski definition) is 1. The zero-order valence-electron chi connectivity index (χ0n) is 14.4. The van der Waals surface area contributed by atoms with Crippen LogP contribution in [-0.4, -0.2) is 24.9 Å². The van der Waals surface area contributed by atoms with Gasteiger partial charge in [0, 0.05) is 13.5 Å². The topological polar surface area (TPSA) is 49.4 Å². The summed E-state index contributed by atoms with van der Waals surface area (Å²) in [6, 6.07) is 6.00. The number of unbranched alkanes of at least 4 members (excludes halogenated alkanes) is 1. The van der Waals surface area contributed by atoms with E-state index in [9.17, 15) is 9.59 Å². The average molecular weight is 304 g/mol. The van der Waals surface area contributed by atoms with Gasteiger partial charge in [0.15, 0.2) is 0 Å². The fourth-order valence-electron chi connectivity index (χ4n) is 2.47. The van der Waals surface area contributed by atoms with Crippen LogP contribution < -0.4 is 10.2 Å². The van der Waals surface area contributed by atoms with Gasteiger partial charge in [-0.2, -0.15) is 0 Å². The highest BCUT2D eigenvalue weighted by atomic mass is 16.2. The molecule has 1 aromatic carbocycles. The minimum atomic E-state index is -0.110. The van der Waals surface area contributed by atoms with Crippen molar-refractivity contribution in [1.29, 1.82) is 0 Å². The largest absolute Gasteiger partial charge is 0.355 e. The molecule has 0 atom stereocenters. The number of amides is 2. The number of nitrogens with one attached hydrogen (secondary N) is 1. The smallest absolute Gasteiger partial charge is 0.240 e. The van der Waals surface area contributed by atoms with Crippen molar-refractivity contribution in [3.8, 4) is 0 Å². The number of anilines is 1. The summed E-state index contributed by atoms with van der Waals surface area (Å²) in [6.45, 7) is 10.5. The summed E-state index contributed by atoms with van der Waals surface area (Å²) in [5, 5.41) is 2.87. The van der Waals surface area contributed by atoms with Gasteiger partial charge >= 0.3 is 0 Å². The van der Waals surface area contributed by atoms with E-state index in [0.717, 1.165) is 29.7 Å². The zero-order valence-corrected chi connectivity index (χ0v) is 14.4. The number of para-hydroxylation sites is 1. The third kappa shape index (κ3) is 4.86. The first kappa shape index (κ1) is 18.2. The Morgan fingerprint density at radius 1 is 1.27 bits per heavy atom. The van der Waals surface area contributed by atoms with Crippen LogP contribution in [0.4, 0.5) is 5.69 Å². The molecule has 0 radical (unpaired) electrons. The molecule has 0 spiro atoms. The molecule has 2 amide bonds. The quantitative estimate of drug-likeness (QED) is 0.785. The van der Waals surface area contributed by atoms with Gasteiger partial charge in [-0.15, -0.1) is 0 Å². The number of carbonyl (C=O) groups excluding carboxylic acids is 2. The minimum Gasteiger partial charge on any atom is -0.355 e. The summed E-state index contributed by atoms with van der Waals surface area (Å²) >= 11 is 0. The number of benzene rings is 1. The van der Waals surface area contributed by atoms with Gasteiger partial charge in [-0.25, -0.2) is 0 Å². The molecule has 0 aliphatic heterocycles. The van der Waals surface area contributed by atoms with Crippen molar-refractivity contribution in [3.63, 3.8) is 0 Å². The molecular weight excluding hydrogens is 276 g/mol. The normalized spacial score (nSPS) is 10.6. The first-order chi connectivity index (χ1) is 10.4. The number of nitrogens with zero attached hydrogens (tertiary/aromatic N) is 1. The lowest BCUT2D eigenvalue weighted by atomic mass is 9.97. The van der Waals surface area contributed by atoms with E-state index in [1.54, 1.807) is 4.90 Å². The third-order valence-electron chi connectivity index (χ3n) is 3.70. The van der Waals surface area contributed by atoms with Crippen LogP contribution in [0.15, 0.2) is 18.2 Å². The molecule has 0 aliphatic rings. The first-order valence-electron chi connectivity index (χ1n) is 8.02. The van der Waals surface area contributed by atoms with Gasteiger partial charge in [-0.05, 0) is 30.4 Å². The van der Waals surface area contributed by atoms with Crippen LogP contribution >= 0.6 is 0 Å². The molecule has 0 unspecified atom stereocenters. The van der Waals surface area contributed by atoms with Crippen molar-refractivity contribution >= 4 is 17.5 Å². The molecule has 4 heteroatoms. The Labute approximate surface area is 133 Å². The highest BCUT2D eigenvalue weighted by molar-refractivity contribution is 5.98. The van der Waals surface area contributed by atoms with E-state index >= 15 is 0 Å². The van der Waals surface area contributed by atoms with Crippen molar-refractivity contribution in [1.82, 2.24) is 5.32 Å².